The second-order valence-electron chi connectivity index (χ2n) is 5.68. The number of hydrogen-bond acceptors (Lipinski definition) is 2. The molecule has 3 aromatic rings. The van der Waals surface area contributed by atoms with Crippen LogP contribution in [-0.4, -0.2) is 27.6 Å². The van der Waals surface area contributed by atoms with Crippen LogP contribution >= 0.6 is 15.9 Å². The molecule has 0 aliphatic rings. The summed E-state index contributed by atoms with van der Waals surface area (Å²) in [5.74, 6) is 0.0746. The molecule has 0 saturated heterocycles. The largest absolute Gasteiger partial charge is 0.341 e. The van der Waals surface area contributed by atoms with Crippen LogP contribution < -0.4 is 0 Å². The van der Waals surface area contributed by atoms with Crippen LogP contribution in [-0.2, 0) is 17.8 Å². The molecule has 4 nitrogen and oxygen atoms in total. The molecular weight excluding hydrogens is 366 g/mol. The van der Waals surface area contributed by atoms with Gasteiger partial charge in [-0.2, -0.15) is 5.10 Å². The number of halogens is 1. The van der Waals surface area contributed by atoms with Crippen LogP contribution in [0.15, 0.2) is 71.5 Å². The summed E-state index contributed by atoms with van der Waals surface area (Å²) in [7, 11) is 1.83. The van der Waals surface area contributed by atoms with Crippen molar-refractivity contribution in [2.24, 2.45) is 0 Å². The minimum absolute atomic E-state index is 0.0746. The molecule has 0 unspecified atom stereocenters. The van der Waals surface area contributed by atoms with Gasteiger partial charge in [0.2, 0.25) is 5.91 Å². The van der Waals surface area contributed by atoms with E-state index in [1.165, 1.54) is 0 Å². The Hall–Kier alpha value is -2.40. The van der Waals surface area contributed by atoms with E-state index in [1.54, 1.807) is 15.8 Å². The highest BCUT2D eigenvalue weighted by Crippen LogP contribution is 2.13. The van der Waals surface area contributed by atoms with Gasteiger partial charge in [0.1, 0.15) is 0 Å². The SMILES string of the molecule is CN(Cc1ccc(Br)cc1)C(=O)Cc1cnn(-c2ccccc2)c1. The van der Waals surface area contributed by atoms with Gasteiger partial charge >= 0.3 is 0 Å². The van der Waals surface area contributed by atoms with Crippen molar-refractivity contribution in [3.8, 4) is 5.69 Å². The quantitative estimate of drug-likeness (QED) is 0.671. The molecule has 1 heterocycles. The van der Waals surface area contributed by atoms with Crippen molar-refractivity contribution in [1.29, 1.82) is 0 Å². The standard InChI is InChI=1S/C19H18BrN3O/c1-22(13-15-7-9-17(20)10-8-15)19(24)11-16-12-21-23(14-16)18-5-3-2-4-6-18/h2-10,12,14H,11,13H2,1H3. The summed E-state index contributed by atoms with van der Waals surface area (Å²) in [6, 6.07) is 17.9. The van der Waals surface area contributed by atoms with Crippen molar-refractivity contribution in [2.45, 2.75) is 13.0 Å². The number of benzene rings is 2. The molecule has 0 aliphatic carbocycles. The molecule has 0 atom stereocenters. The van der Waals surface area contributed by atoms with Crippen molar-refractivity contribution < 1.29 is 4.79 Å². The Kier molecular flexibility index (Phi) is 5.11. The molecule has 0 N–H and O–H groups in total. The second-order valence-corrected chi connectivity index (χ2v) is 6.60. The van der Waals surface area contributed by atoms with Gasteiger partial charge in [0.25, 0.3) is 0 Å². The Morgan fingerprint density at radius 2 is 1.79 bits per heavy atom. The summed E-state index contributed by atoms with van der Waals surface area (Å²) in [5.41, 5.74) is 3.00. The number of likely N-dealkylation sites (N-methyl/N-ethyl adjacent to an activating group) is 1. The highest BCUT2D eigenvalue weighted by atomic mass is 79.9. The van der Waals surface area contributed by atoms with Gasteiger partial charge in [0.15, 0.2) is 0 Å². The average molecular weight is 384 g/mol. The first-order valence-electron chi connectivity index (χ1n) is 7.69. The van der Waals surface area contributed by atoms with E-state index in [4.69, 9.17) is 0 Å². The lowest BCUT2D eigenvalue weighted by molar-refractivity contribution is -0.129. The lowest BCUT2D eigenvalue weighted by Crippen LogP contribution is -2.27. The predicted octanol–water partition coefficient (Wildman–Crippen LogP) is 3.84. The zero-order valence-electron chi connectivity index (χ0n) is 13.4. The summed E-state index contributed by atoms with van der Waals surface area (Å²) in [4.78, 5) is 14.1. The second kappa shape index (κ2) is 7.45. The number of para-hydroxylation sites is 1. The summed E-state index contributed by atoms with van der Waals surface area (Å²) < 4.78 is 2.82. The van der Waals surface area contributed by atoms with E-state index < -0.39 is 0 Å². The summed E-state index contributed by atoms with van der Waals surface area (Å²) in [6.07, 6.45) is 4.00. The van der Waals surface area contributed by atoms with E-state index in [0.717, 1.165) is 21.3 Å². The maximum absolute atomic E-state index is 12.4. The van der Waals surface area contributed by atoms with Crippen LogP contribution in [0.5, 0.6) is 0 Å². The number of nitrogens with zero attached hydrogens (tertiary/aromatic N) is 3. The van der Waals surface area contributed by atoms with Gasteiger partial charge in [-0.1, -0.05) is 46.3 Å². The van der Waals surface area contributed by atoms with E-state index in [9.17, 15) is 4.79 Å². The minimum Gasteiger partial charge on any atom is -0.341 e. The molecule has 0 bridgehead atoms. The van der Waals surface area contributed by atoms with Gasteiger partial charge in [0.05, 0.1) is 18.3 Å². The fourth-order valence-electron chi connectivity index (χ4n) is 2.43. The van der Waals surface area contributed by atoms with Gasteiger partial charge in [-0.05, 0) is 35.4 Å². The molecule has 0 spiro atoms. The maximum atomic E-state index is 12.4. The first kappa shape index (κ1) is 16.5. The third-order valence-corrected chi connectivity index (χ3v) is 4.30. The Morgan fingerprint density at radius 1 is 1.08 bits per heavy atom. The van der Waals surface area contributed by atoms with Crippen LogP contribution in [0.1, 0.15) is 11.1 Å². The highest BCUT2D eigenvalue weighted by Gasteiger charge is 2.12. The van der Waals surface area contributed by atoms with Gasteiger partial charge < -0.3 is 4.90 Å². The molecule has 0 radical (unpaired) electrons. The number of carbonyl (C=O) groups is 1. The van der Waals surface area contributed by atoms with Gasteiger partial charge in [-0.25, -0.2) is 4.68 Å². The van der Waals surface area contributed by atoms with Crippen LogP contribution in [0.4, 0.5) is 0 Å². The molecule has 5 heteroatoms. The van der Waals surface area contributed by atoms with Gasteiger partial charge in [0, 0.05) is 24.3 Å². The van der Waals surface area contributed by atoms with E-state index in [1.807, 2.05) is 67.8 Å². The van der Waals surface area contributed by atoms with Crippen molar-refractivity contribution in [1.82, 2.24) is 14.7 Å². The molecule has 122 valence electrons. The van der Waals surface area contributed by atoms with E-state index in [2.05, 4.69) is 21.0 Å². The van der Waals surface area contributed by atoms with Crippen molar-refractivity contribution in [3.05, 3.63) is 82.6 Å². The van der Waals surface area contributed by atoms with Crippen LogP contribution in [0.25, 0.3) is 5.69 Å². The van der Waals surface area contributed by atoms with E-state index in [0.29, 0.717) is 13.0 Å². The fraction of sp³-hybridized carbons (Fsp3) is 0.158. The number of hydrogen-bond donors (Lipinski definition) is 0. The minimum atomic E-state index is 0.0746. The molecular formula is C19H18BrN3O. The molecule has 2 aromatic carbocycles. The first-order chi connectivity index (χ1) is 11.6. The molecule has 3 rings (SSSR count). The Morgan fingerprint density at radius 3 is 2.50 bits per heavy atom. The van der Waals surface area contributed by atoms with Crippen molar-refractivity contribution in [3.63, 3.8) is 0 Å². The normalized spacial score (nSPS) is 10.6. The molecule has 1 aromatic heterocycles. The number of aromatic nitrogens is 2. The molecule has 0 fully saturated rings. The van der Waals surface area contributed by atoms with Crippen LogP contribution in [0.2, 0.25) is 0 Å². The zero-order chi connectivity index (χ0) is 16.9. The number of carbonyl (C=O) groups excluding carboxylic acids is 1. The van der Waals surface area contributed by atoms with Crippen molar-refractivity contribution in [2.75, 3.05) is 7.05 Å². The average Bonchev–Trinajstić information content (AvgIpc) is 3.06. The predicted molar refractivity (Wildman–Crippen MR) is 97.9 cm³/mol. The fourth-order valence-corrected chi connectivity index (χ4v) is 2.70. The zero-order valence-corrected chi connectivity index (χ0v) is 15.0. The highest BCUT2D eigenvalue weighted by molar-refractivity contribution is 9.10. The summed E-state index contributed by atoms with van der Waals surface area (Å²) in [6.45, 7) is 0.596. The first-order valence-corrected chi connectivity index (χ1v) is 8.48. The lowest BCUT2D eigenvalue weighted by Gasteiger charge is -2.17. The Balaban J connectivity index is 1.62. The number of amides is 1. The Labute approximate surface area is 149 Å². The molecule has 24 heavy (non-hydrogen) atoms. The topological polar surface area (TPSA) is 38.1 Å². The number of rotatable bonds is 5. The molecule has 0 aliphatic heterocycles. The molecule has 1 amide bonds. The van der Waals surface area contributed by atoms with Crippen LogP contribution in [0, 0.1) is 0 Å². The van der Waals surface area contributed by atoms with Gasteiger partial charge in [-0.3, -0.25) is 4.79 Å². The summed E-state index contributed by atoms with van der Waals surface area (Å²) >= 11 is 3.42. The third kappa shape index (κ3) is 4.11. The van der Waals surface area contributed by atoms with E-state index in [-0.39, 0.29) is 5.91 Å². The summed E-state index contributed by atoms with van der Waals surface area (Å²) in [5, 5.41) is 4.33. The monoisotopic (exact) mass is 383 g/mol. The van der Waals surface area contributed by atoms with E-state index >= 15 is 0 Å². The maximum Gasteiger partial charge on any atom is 0.227 e. The van der Waals surface area contributed by atoms with Crippen LogP contribution in [0.3, 0.4) is 0 Å². The molecule has 0 saturated carbocycles. The van der Waals surface area contributed by atoms with Gasteiger partial charge in [-0.15, -0.1) is 0 Å². The smallest absolute Gasteiger partial charge is 0.227 e. The third-order valence-electron chi connectivity index (χ3n) is 3.77. The lowest BCUT2D eigenvalue weighted by atomic mass is 10.2. The Bertz CT molecular complexity index is 812. The van der Waals surface area contributed by atoms with Crippen molar-refractivity contribution >= 4 is 21.8 Å².